The zero-order valence-corrected chi connectivity index (χ0v) is 13.4. The number of hydrogen-bond acceptors (Lipinski definition) is 2. The molecule has 6 heteroatoms. The lowest BCUT2D eigenvalue weighted by Gasteiger charge is -2.06. The number of aromatic amines is 1. The maximum Gasteiger partial charge on any atom is 0.267 e. The Kier molecular flexibility index (Phi) is 4.39. The second-order valence-electron chi connectivity index (χ2n) is 4.93. The molecule has 0 atom stereocenters. The predicted molar refractivity (Wildman–Crippen MR) is 87.4 cm³/mol. The molecule has 0 saturated carbocycles. The molecule has 0 aliphatic rings. The molecular weight excluding hydrogens is 344 g/mol. The molecule has 0 fully saturated rings. The molecule has 112 valence electrons. The van der Waals surface area contributed by atoms with Crippen molar-refractivity contribution >= 4 is 21.8 Å². The monoisotopic (exact) mass is 358 g/mol. The van der Waals surface area contributed by atoms with Gasteiger partial charge >= 0.3 is 0 Å². The molecule has 2 aromatic heterocycles. The first kappa shape index (κ1) is 14.6. The summed E-state index contributed by atoms with van der Waals surface area (Å²) < 4.78 is 2.74. The average molecular weight is 359 g/mol. The highest BCUT2D eigenvalue weighted by molar-refractivity contribution is 9.10. The van der Waals surface area contributed by atoms with Crippen molar-refractivity contribution in [3.05, 3.63) is 76.3 Å². The maximum absolute atomic E-state index is 11.9. The van der Waals surface area contributed by atoms with E-state index in [2.05, 4.69) is 31.3 Å². The van der Waals surface area contributed by atoms with Gasteiger partial charge in [0.15, 0.2) is 0 Å². The van der Waals surface area contributed by atoms with Crippen LogP contribution in [-0.4, -0.2) is 20.7 Å². The summed E-state index contributed by atoms with van der Waals surface area (Å²) in [5, 5.41) is 7.07. The van der Waals surface area contributed by atoms with Crippen LogP contribution in [0.5, 0.6) is 0 Å². The molecule has 3 aromatic rings. The molecule has 0 saturated heterocycles. The largest absolute Gasteiger partial charge is 0.356 e. The Morgan fingerprint density at radius 3 is 2.68 bits per heavy atom. The van der Waals surface area contributed by atoms with Crippen LogP contribution in [0.1, 0.15) is 21.6 Å². The zero-order chi connectivity index (χ0) is 15.4. The summed E-state index contributed by atoms with van der Waals surface area (Å²) >= 11 is 3.31. The minimum Gasteiger partial charge on any atom is -0.356 e. The lowest BCUT2D eigenvalue weighted by atomic mass is 10.1. The Bertz CT molecular complexity index is 747. The number of hydrogen-bond donors (Lipinski definition) is 2. The van der Waals surface area contributed by atoms with E-state index in [0.29, 0.717) is 12.2 Å². The van der Waals surface area contributed by atoms with Crippen LogP contribution in [-0.2, 0) is 13.1 Å². The van der Waals surface area contributed by atoms with Crippen molar-refractivity contribution in [2.45, 2.75) is 13.1 Å². The summed E-state index contributed by atoms with van der Waals surface area (Å²) in [6, 6.07) is 11.8. The average Bonchev–Trinajstić information content (AvgIpc) is 3.18. The lowest BCUT2D eigenvalue weighted by molar-refractivity contribution is 0.0946. The molecule has 2 heterocycles. The van der Waals surface area contributed by atoms with Crippen LogP contribution >= 0.6 is 15.9 Å². The molecule has 0 radical (unpaired) electrons. The third kappa shape index (κ3) is 3.65. The Hall–Kier alpha value is -2.34. The van der Waals surface area contributed by atoms with E-state index in [4.69, 9.17) is 0 Å². The number of carbonyl (C=O) groups excluding carboxylic acids is 1. The van der Waals surface area contributed by atoms with E-state index in [-0.39, 0.29) is 5.91 Å². The summed E-state index contributed by atoms with van der Waals surface area (Å²) in [7, 11) is 0. The molecule has 3 rings (SSSR count). The third-order valence-corrected chi connectivity index (χ3v) is 3.73. The first-order valence-corrected chi connectivity index (χ1v) is 7.67. The van der Waals surface area contributed by atoms with Gasteiger partial charge in [0, 0.05) is 29.6 Å². The van der Waals surface area contributed by atoms with Crippen LogP contribution in [0.25, 0.3) is 0 Å². The van der Waals surface area contributed by atoms with Gasteiger partial charge in [-0.2, -0.15) is 5.10 Å². The van der Waals surface area contributed by atoms with Crippen molar-refractivity contribution in [2.24, 2.45) is 0 Å². The third-order valence-electron chi connectivity index (χ3n) is 3.27. The van der Waals surface area contributed by atoms with Gasteiger partial charge in [0.25, 0.3) is 5.91 Å². The van der Waals surface area contributed by atoms with Gasteiger partial charge in [-0.25, -0.2) is 0 Å². The van der Waals surface area contributed by atoms with E-state index in [1.54, 1.807) is 18.5 Å². The fourth-order valence-corrected chi connectivity index (χ4v) is 2.46. The highest BCUT2D eigenvalue weighted by Crippen LogP contribution is 2.11. The minimum absolute atomic E-state index is 0.119. The molecule has 0 spiro atoms. The molecule has 2 N–H and O–H groups in total. The number of halogens is 1. The van der Waals surface area contributed by atoms with E-state index in [0.717, 1.165) is 16.6 Å². The summed E-state index contributed by atoms with van der Waals surface area (Å²) in [5.41, 5.74) is 2.78. The van der Waals surface area contributed by atoms with Gasteiger partial charge < -0.3 is 10.3 Å². The van der Waals surface area contributed by atoms with Crippen molar-refractivity contribution in [3.8, 4) is 0 Å². The summed E-state index contributed by atoms with van der Waals surface area (Å²) in [6.45, 7) is 1.24. The fourth-order valence-electron chi connectivity index (χ4n) is 2.12. The first-order chi connectivity index (χ1) is 10.7. The zero-order valence-electron chi connectivity index (χ0n) is 11.8. The second-order valence-corrected chi connectivity index (χ2v) is 5.85. The fraction of sp³-hybridized carbons (Fsp3) is 0.125. The number of rotatable bonds is 5. The predicted octanol–water partition coefficient (Wildman–Crippen LogP) is 2.95. The summed E-state index contributed by atoms with van der Waals surface area (Å²) in [4.78, 5) is 14.8. The van der Waals surface area contributed by atoms with Crippen molar-refractivity contribution in [1.29, 1.82) is 0 Å². The number of carbonyl (C=O) groups is 1. The molecule has 22 heavy (non-hydrogen) atoms. The molecule has 1 amide bonds. The molecular formula is C16H15BrN4O. The van der Waals surface area contributed by atoms with E-state index in [9.17, 15) is 4.79 Å². The van der Waals surface area contributed by atoms with Crippen molar-refractivity contribution < 1.29 is 4.79 Å². The second kappa shape index (κ2) is 6.62. The van der Waals surface area contributed by atoms with Crippen LogP contribution in [0.4, 0.5) is 0 Å². The van der Waals surface area contributed by atoms with Gasteiger partial charge in [-0.15, -0.1) is 0 Å². The van der Waals surface area contributed by atoms with E-state index in [1.165, 1.54) is 5.56 Å². The molecule has 0 bridgehead atoms. The smallest absolute Gasteiger partial charge is 0.267 e. The molecule has 0 unspecified atom stereocenters. The molecule has 0 aliphatic heterocycles. The Labute approximate surface area is 136 Å². The number of amides is 1. The van der Waals surface area contributed by atoms with Gasteiger partial charge in [0.1, 0.15) is 5.69 Å². The summed E-state index contributed by atoms with van der Waals surface area (Å²) in [5.74, 6) is -0.119. The quantitative estimate of drug-likeness (QED) is 0.736. The lowest BCUT2D eigenvalue weighted by Crippen LogP contribution is -2.23. The van der Waals surface area contributed by atoms with Gasteiger partial charge in [0.05, 0.1) is 6.54 Å². The SMILES string of the molecule is O=C(NCc1ccc(Cn2cccn2)cc1)c1cc(Br)c[nH]1. The van der Waals surface area contributed by atoms with Crippen LogP contribution in [0.2, 0.25) is 0 Å². The Morgan fingerprint density at radius 1 is 1.27 bits per heavy atom. The number of H-pyrrole nitrogens is 1. The van der Waals surface area contributed by atoms with Gasteiger partial charge in [-0.05, 0) is 39.2 Å². The number of nitrogens with zero attached hydrogens (tertiary/aromatic N) is 2. The van der Waals surface area contributed by atoms with Crippen molar-refractivity contribution in [3.63, 3.8) is 0 Å². The standard InChI is InChI=1S/C16H15BrN4O/c17-14-8-15(18-10-14)16(22)19-9-12-2-4-13(5-3-12)11-21-7-1-6-20-21/h1-8,10,18H,9,11H2,(H,19,22). The number of benzene rings is 1. The van der Waals surface area contributed by atoms with E-state index < -0.39 is 0 Å². The highest BCUT2D eigenvalue weighted by atomic mass is 79.9. The minimum atomic E-state index is -0.119. The molecule has 0 aliphatic carbocycles. The van der Waals surface area contributed by atoms with Crippen molar-refractivity contribution in [2.75, 3.05) is 0 Å². The van der Waals surface area contributed by atoms with E-state index >= 15 is 0 Å². The van der Waals surface area contributed by atoms with Crippen LogP contribution in [0, 0.1) is 0 Å². The normalized spacial score (nSPS) is 10.6. The molecule has 5 nitrogen and oxygen atoms in total. The van der Waals surface area contributed by atoms with Gasteiger partial charge in [-0.3, -0.25) is 9.48 Å². The van der Waals surface area contributed by atoms with Crippen LogP contribution in [0.3, 0.4) is 0 Å². The molecule has 1 aromatic carbocycles. The van der Waals surface area contributed by atoms with Gasteiger partial charge in [0.2, 0.25) is 0 Å². The maximum atomic E-state index is 11.9. The number of nitrogens with one attached hydrogen (secondary N) is 2. The van der Waals surface area contributed by atoms with E-state index in [1.807, 2.05) is 41.2 Å². The topological polar surface area (TPSA) is 62.7 Å². The number of aromatic nitrogens is 3. The Balaban J connectivity index is 1.56. The highest BCUT2D eigenvalue weighted by Gasteiger charge is 2.07. The van der Waals surface area contributed by atoms with Crippen molar-refractivity contribution in [1.82, 2.24) is 20.1 Å². The van der Waals surface area contributed by atoms with Gasteiger partial charge in [-0.1, -0.05) is 24.3 Å². The van der Waals surface area contributed by atoms with Crippen LogP contribution < -0.4 is 5.32 Å². The van der Waals surface area contributed by atoms with Crippen LogP contribution in [0.15, 0.2) is 59.5 Å². The first-order valence-electron chi connectivity index (χ1n) is 6.88. The summed E-state index contributed by atoms with van der Waals surface area (Å²) in [6.07, 6.45) is 5.43. The Morgan fingerprint density at radius 2 is 2.05 bits per heavy atom.